The number of pyridine rings is 1. The van der Waals surface area contributed by atoms with Gasteiger partial charge in [0.05, 0.1) is 23.0 Å². The summed E-state index contributed by atoms with van der Waals surface area (Å²) in [4.78, 5) is 26.7. The molecule has 2 aromatic carbocycles. The Kier molecular flexibility index (Phi) is 5.96. The monoisotopic (exact) mass is 448 g/mol. The van der Waals surface area contributed by atoms with Crippen molar-refractivity contribution < 1.29 is 4.74 Å². The molecule has 8 heteroatoms. The molecule has 7 nitrogen and oxygen atoms in total. The molecule has 0 amide bonds. The zero-order valence-corrected chi connectivity index (χ0v) is 18.7. The van der Waals surface area contributed by atoms with Gasteiger partial charge in [-0.25, -0.2) is 4.68 Å². The molecule has 0 aliphatic carbocycles. The third-order valence-corrected chi connectivity index (χ3v) is 6.41. The normalized spacial score (nSPS) is 11.1. The second kappa shape index (κ2) is 8.84. The van der Waals surface area contributed by atoms with Crippen molar-refractivity contribution in [1.82, 2.24) is 14.3 Å². The number of methoxy groups -OCH3 is 1. The zero-order chi connectivity index (χ0) is 22.8. The molecule has 2 aromatic heterocycles. The molecule has 0 atom stereocenters. The summed E-state index contributed by atoms with van der Waals surface area (Å²) in [6.45, 7) is 6.29. The molecule has 0 spiro atoms. The molecule has 3 N–H and O–H groups in total. The fraction of sp³-hybridized carbons (Fsp3) is 0.167. The third kappa shape index (κ3) is 4.09. The van der Waals surface area contributed by atoms with E-state index < -0.39 is 0 Å². The van der Waals surface area contributed by atoms with Crippen LogP contribution in [-0.4, -0.2) is 21.5 Å². The number of anilines is 1. The fourth-order valence-corrected chi connectivity index (χ4v) is 4.45. The van der Waals surface area contributed by atoms with E-state index in [1.165, 1.54) is 22.5 Å². The highest BCUT2D eigenvalue weighted by Crippen LogP contribution is 2.32. The lowest BCUT2D eigenvalue weighted by Gasteiger charge is -2.10. The number of hydrogen-bond acceptors (Lipinski definition) is 5. The highest BCUT2D eigenvalue weighted by Gasteiger charge is 2.16. The molecule has 0 saturated carbocycles. The number of fused-ring (bicyclic) bond motifs is 1. The molecule has 164 valence electrons. The second-order valence-corrected chi connectivity index (χ2v) is 8.51. The molecule has 0 aliphatic heterocycles. The van der Waals surface area contributed by atoms with Gasteiger partial charge < -0.3 is 15.0 Å². The van der Waals surface area contributed by atoms with E-state index in [-0.39, 0.29) is 11.1 Å². The lowest BCUT2D eigenvalue weighted by atomic mass is 10.1. The molecule has 0 radical (unpaired) electrons. The number of nitrogens with one attached hydrogen (secondary N) is 1. The summed E-state index contributed by atoms with van der Waals surface area (Å²) in [6, 6.07) is 16.6. The molecular weight excluding hydrogens is 424 g/mol. The van der Waals surface area contributed by atoms with Gasteiger partial charge in [0, 0.05) is 28.9 Å². The second-order valence-electron chi connectivity index (χ2n) is 7.39. The van der Waals surface area contributed by atoms with Crippen LogP contribution >= 0.6 is 11.8 Å². The number of nitrogen functional groups attached to an aromatic ring is 1. The van der Waals surface area contributed by atoms with Crippen LogP contribution < -0.4 is 21.6 Å². The molecule has 0 aliphatic rings. The Hall–Kier alpha value is -3.65. The van der Waals surface area contributed by atoms with Crippen LogP contribution in [0.15, 0.2) is 75.7 Å². The van der Waals surface area contributed by atoms with Gasteiger partial charge in [-0.1, -0.05) is 42.6 Å². The number of hydrogen-bond donors (Lipinski definition) is 2. The predicted octanol–water partition coefficient (Wildman–Crippen LogP) is 3.85. The van der Waals surface area contributed by atoms with E-state index in [1.54, 1.807) is 24.7 Å². The molecule has 0 fully saturated rings. The number of benzene rings is 2. The Bertz CT molecular complexity index is 1410. The Morgan fingerprint density at radius 3 is 2.56 bits per heavy atom. The largest absolute Gasteiger partial charge is 0.497 e. The minimum absolute atomic E-state index is 0.164. The number of H-pyrrole nitrogens is 1. The zero-order valence-electron chi connectivity index (χ0n) is 17.9. The van der Waals surface area contributed by atoms with Gasteiger partial charge in [-0.15, -0.1) is 0 Å². The van der Waals surface area contributed by atoms with Gasteiger partial charge in [-0.2, -0.15) is 0 Å². The first-order chi connectivity index (χ1) is 15.4. The van der Waals surface area contributed by atoms with Crippen molar-refractivity contribution in [2.45, 2.75) is 24.8 Å². The van der Waals surface area contributed by atoms with Crippen LogP contribution in [0.25, 0.3) is 15.9 Å². The maximum atomic E-state index is 13.2. The lowest BCUT2D eigenvalue weighted by molar-refractivity contribution is 0.414. The number of ether oxygens (including phenoxy) is 1. The SMILES string of the molecule is C=C(Sc1ccccc1N)n1[nH]c2cc(=O)n(CCc3ccc(OC)cc3)c(C)c2c1=O. The quantitative estimate of drug-likeness (QED) is 0.331. The molecule has 4 aromatic rings. The molecule has 4 rings (SSSR count). The van der Waals surface area contributed by atoms with E-state index in [2.05, 4.69) is 11.7 Å². The highest BCUT2D eigenvalue weighted by molar-refractivity contribution is 8.08. The maximum absolute atomic E-state index is 13.2. The number of nitrogens with two attached hydrogens (primary N) is 1. The number of nitrogens with zero attached hydrogens (tertiary/aromatic N) is 2. The summed E-state index contributed by atoms with van der Waals surface area (Å²) in [5.74, 6) is 0.784. The van der Waals surface area contributed by atoms with Crippen molar-refractivity contribution in [3.63, 3.8) is 0 Å². The molecule has 2 heterocycles. The van der Waals surface area contributed by atoms with Gasteiger partial charge in [0.15, 0.2) is 0 Å². The molecule has 0 saturated heterocycles. The molecule has 0 unspecified atom stereocenters. The van der Waals surface area contributed by atoms with Crippen LogP contribution in [0.3, 0.4) is 0 Å². The van der Waals surface area contributed by atoms with Gasteiger partial charge in [-0.05, 0) is 43.2 Å². The van der Waals surface area contributed by atoms with Crippen molar-refractivity contribution in [3.8, 4) is 5.75 Å². The van der Waals surface area contributed by atoms with Crippen LogP contribution in [0.1, 0.15) is 11.3 Å². The minimum atomic E-state index is -0.247. The number of thioether (sulfide) groups is 1. The Balaban J connectivity index is 1.65. The maximum Gasteiger partial charge on any atom is 0.281 e. The summed E-state index contributed by atoms with van der Waals surface area (Å²) >= 11 is 1.29. The van der Waals surface area contributed by atoms with E-state index in [9.17, 15) is 9.59 Å². The standard InChI is InChI=1S/C24H24N4O3S/c1-15-23-20(14-22(29)27(15)13-12-17-8-10-18(31-3)11-9-17)26-28(24(23)30)16(2)32-21-7-5-4-6-19(21)25/h4-11,14,26H,2,12-13,25H2,1,3H3. The van der Waals surface area contributed by atoms with E-state index in [0.29, 0.717) is 40.3 Å². The van der Waals surface area contributed by atoms with Crippen LogP contribution in [0.4, 0.5) is 5.69 Å². The average Bonchev–Trinajstić information content (AvgIpc) is 3.11. The van der Waals surface area contributed by atoms with Crippen molar-refractivity contribution >= 4 is 33.4 Å². The summed E-state index contributed by atoms with van der Waals surface area (Å²) in [7, 11) is 1.62. The lowest BCUT2D eigenvalue weighted by Crippen LogP contribution is -2.24. The summed E-state index contributed by atoms with van der Waals surface area (Å²) in [6.07, 6.45) is 0.657. The first kappa shape index (κ1) is 21.6. The molecule has 32 heavy (non-hydrogen) atoms. The highest BCUT2D eigenvalue weighted by atomic mass is 32.2. The average molecular weight is 449 g/mol. The van der Waals surface area contributed by atoms with Gasteiger partial charge in [0.25, 0.3) is 11.1 Å². The Labute approximate surface area is 189 Å². The first-order valence-corrected chi connectivity index (χ1v) is 10.9. The molecular formula is C24H24N4O3S. The van der Waals surface area contributed by atoms with Gasteiger partial charge >= 0.3 is 0 Å². The smallest absolute Gasteiger partial charge is 0.281 e. The van der Waals surface area contributed by atoms with Gasteiger partial charge in [0.2, 0.25) is 0 Å². The summed E-state index contributed by atoms with van der Waals surface area (Å²) < 4.78 is 8.18. The van der Waals surface area contributed by atoms with E-state index in [1.807, 2.05) is 42.5 Å². The first-order valence-electron chi connectivity index (χ1n) is 10.1. The number of aromatic nitrogens is 3. The van der Waals surface area contributed by atoms with Crippen molar-refractivity contribution in [3.05, 3.63) is 93.1 Å². The minimum Gasteiger partial charge on any atom is -0.497 e. The van der Waals surface area contributed by atoms with Gasteiger partial charge in [-0.3, -0.25) is 14.7 Å². The van der Waals surface area contributed by atoms with E-state index in [0.717, 1.165) is 16.2 Å². The predicted molar refractivity (Wildman–Crippen MR) is 130 cm³/mol. The van der Waals surface area contributed by atoms with E-state index >= 15 is 0 Å². The summed E-state index contributed by atoms with van der Waals surface area (Å²) in [5.41, 5.74) is 8.39. The third-order valence-electron chi connectivity index (χ3n) is 5.40. The van der Waals surface area contributed by atoms with Crippen molar-refractivity contribution in [1.29, 1.82) is 0 Å². The van der Waals surface area contributed by atoms with Crippen LogP contribution in [0.2, 0.25) is 0 Å². The summed E-state index contributed by atoms with van der Waals surface area (Å²) in [5, 5.41) is 3.96. The number of para-hydroxylation sites is 1. The number of rotatable bonds is 7. The van der Waals surface area contributed by atoms with Crippen LogP contribution in [0, 0.1) is 6.92 Å². The topological polar surface area (TPSA) is 95.0 Å². The number of aryl methyl sites for hydroxylation is 2. The molecule has 0 bridgehead atoms. The van der Waals surface area contributed by atoms with E-state index in [4.69, 9.17) is 10.5 Å². The Morgan fingerprint density at radius 1 is 1.16 bits per heavy atom. The Morgan fingerprint density at radius 2 is 1.88 bits per heavy atom. The number of aromatic amines is 1. The van der Waals surface area contributed by atoms with Gasteiger partial charge in [0.1, 0.15) is 5.75 Å². The van der Waals surface area contributed by atoms with Crippen molar-refractivity contribution in [2.24, 2.45) is 0 Å². The van der Waals surface area contributed by atoms with Crippen molar-refractivity contribution in [2.75, 3.05) is 12.8 Å². The van der Waals surface area contributed by atoms with Crippen LogP contribution in [-0.2, 0) is 13.0 Å². The fourth-order valence-electron chi connectivity index (χ4n) is 3.64. The van der Waals surface area contributed by atoms with Crippen LogP contribution in [0.5, 0.6) is 5.75 Å².